The van der Waals surface area contributed by atoms with Crippen LogP contribution in [0.2, 0.25) is 0 Å². The van der Waals surface area contributed by atoms with Crippen LogP contribution in [0.5, 0.6) is 0 Å². The lowest BCUT2D eigenvalue weighted by molar-refractivity contribution is 0.173. The highest BCUT2D eigenvalue weighted by atomic mass is 16.5. The molecule has 0 spiro atoms. The molecule has 1 rings (SSSR count). The van der Waals surface area contributed by atoms with Crippen molar-refractivity contribution in [2.45, 2.75) is 0 Å². The lowest BCUT2D eigenvalue weighted by Gasteiger charge is -2.06. The lowest BCUT2D eigenvalue weighted by Crippen LogP contribution is -2.24. The van der Waals surface area contributed by atoms with Gasteiger partial charge >= 0.3 is 0 Å². The minimum absolute atomic E-state index is 0.181. The molecule has 0 aliphatic heterocycles. The predicted molar refractivity (Wildman–Crippen MR) is 46.3 cm³/mol. The third kappa shape index (κ3) is 1.03. The van der Waals surface area contributed by atoms with E-state index >= 15 is 0 Å². The molecule has 0 aliphatic rings. The Bertz CT molecular complexity index is 367. The van der Waals surface area contributed by atoms with Crippen molar-refractivity contribution >= 4 is 17.1 Å². The Balaban J connectivity index is 3.64. The summed E-state index contributed by atoms with van der Waals surface area (Å²) >= 11 is 0. The molecule has 0 saturated carbocycles. The van der Waals surface area contributed by atoms with Crippen LogP contribution in [0.15, 0.2) is 11.2 Å². The fourth-order valence-electron chi connectivity index (χ4n) is 0.885. The zero-order chi connectivity index (χ0) is 9.30. The molecule has 7 N–H and O–H groups in total. The minimum Gasteiger partial charge on any atom is -0.427 e. The van der Waals surface area contributed by atoms with Crippen molar-refractivity contribution in [1.29, 1.82) is 0 Å². The number of nitrogens with zero attached hydrogens (tertiary/aromatic N) is 2. The molecule has 0 saturated heterocycles. The number of rotatable bonds is 0. The highest BCUT2D eigenvalue weighted by molar-refractivity contribution is 5.75. The molecule has 0 amide bonds. The van der Waals surface area contributed by atoms with E-state index in [1.807, 2.05) is 0 Å². The molecule has 0 aliphatic carbocycles. The first kappa shape index (κ1) is 8.25. The zero-order valence-corrected chi connectivity index (χ0v) is 6.65. The van der Waals surface area contributed by atoms with Crippen LogP contribution < -0.4 is 22.7 Å². The third-order valence-electron chi connectivity index (χ3n) is 1.53. The molecule has 0 radical (unpaired) electrons. The molecule has 0 unspecified atom stereocenters. The topological polar surface area (TPSA) is 116 Å². The number of anilines is 3. The van der Waals surface area contributed by atoms with Crippen LogP contribution in [0.3, 0.4) is 0 Å². The van der Waals surface area contributed by atoms with E-state index in [0.29, 0.717) is 0 Å². The molecule has 0 fully saturated rings. The van der Waals surface area contributed by atoms with Crippen molar-refractivity contribution in [1.82, 2.24) is 4.73 Å². The van der Waals surface area contributed by atoms with Crippen LogP contribution in [-0.2, 0) is 0 Å². The summed E-state index contributed by atoms with van der Waals surface area (Å²) in [6.07, 6.45) is 1.24. The van der Waals surface area contributed by atoms with Crippen LogP contribution in [0.4, 0.5) is 17.1 Å². The van der Waals surface area contributed by atoms with Gasteiger partial charge in [-0.1, -0.05) is 0 Å². The summed E-state index contributed by atoms with van der Waals surface area (Å²) in [6.45, 7) is 0. The predicted octanol–water partition coefficient (Wildman–Crippen LogP) is -0.997. The van der Waals surface area contributed by atoms with Crippen LogP contribution in [-0.4, -0.2) is 17.0 Å². The molecule has 0 atom stereocenters. The highest BCUT2D eigenvalue weighted by Crippen LogP contribution is 2.16. The van der Waals surface area contributed by atoms with Crippen molar-refractivity contribution in [3.63, 3.8) is 0 Å². The zero-order valence-electron chi connectivity index (χ0n) is 6.65. The summed E-state index contributed by atoms with van der Waals surface area (Å²) in [5, 5.41) is 9.20. The smallest absolute Gasteiger partial charge is 0.188 e. The van der Waals surface area contributed by atoms with Gasteiger partial charge in [-0.2, -0.15) is 4.73 Å². The van der Waals surface area contributed by atoms with Crippen molar-refractivity contribution in [2.75, 3.05) is 24.2 Å². The number of nitrogens with two attached hydrogens (primary N) is 3. The van der Waals surface area contributed by atoms with Gasteiger partial charge in [0, 0.05) is 7.05 Å². The van der Waals surface area contributed by atoms with Gasteiger partial charge in [-0.15, -0.1) is 0 Å². The van der Waals surface area contributed by atoms with E-state index in [1.165, 1.54) is 13.2 Å². The number of aromatic nitrogens is 1. The molecule has 6 heteroatoms. The summed E-state index contributed by atoms with van der Waals surface area (Å²) < 4.78 is 0.737. The van der Waals surface area contributed by atoms with Gasteiger partial charge < -0.3 is 22.4 Å². The van der Waals surface area contributed by atoms with Crippen molar-refractivity contribution < 1.29 is 5.21 Å². The molecule has 1 aromatic rings. The average Bonchev–Trinajstić information content (AvgIpc) is 2.01. The van der Waals surface area contributed by atoms with Crippen molar-refractivity contribution in [3.05, 3.63) is 11.7 Å². The van der Waals surface area contributed by atoms with Gasteiger partial charge in [0.25, 0.3) is 0 Å². The van der Waals surface area contributed by atoms with Gasteiger partial charge in [-0.25, -0.2) is 0 Å². The quantitative estimate of drug-likeness (QED) is 0.373. The van der Waals surface area contributed by atoms with Gasteiger partial charge in [-0.3, -0.25) is 4.99 Å². The number of hydrogen-bond acceptors (Lipinski definition) is 5. The van der Waals surface area contributed by atoms with E-state index in [4.69, 9.17) is 17.2 Å². The van der Waals surface area contributed by atoms with Crippen LogP contribution in [0.25, 0.3) is 0 Å². The summed E-state index contributed by atoms with van der Waals surface area (Å²) in [6, 6.07) is 0. The molecule has 0 bridgehead atoms. The van der Waals surface area contributed by atoms with Crippen molar-refractivity contribution in [3.8, 4) is 0 Å². The molecular weight excluding hydrogens is 158 g/mol. The van der Waals surface area contributed by atoms with Gasteiger partial charge in [0.1, 0.15) is 5.69 Å². The summed E-state index contributed by atoms with van der Waals surface area (Å²) in [4.78, 5) is 3.72. The first-order valence-corrected chi connectivity index (χ1v) is 3.26. The minimum atomic E-state index is 0.181. The standard InChI is InChI=1S/C6H11N5O/c1-10-6-5(9)4(8)3(7)2-11(6)12/h2,12H,7-9H2,1H3. The Labute approximate surface area is 68.9 Å². The van der Waals surface area contributed by atoms with E-state index in [9.17, 15) is 5.21 Å². The first-order chi connectivity index (χ1) is 5.57. The molecule has 12 heavy (non-hydrogen) atoms. The maximum Gasteiger partial charge on any atom is 0.188 e. The third-order valence-corrected chi connectivity index (χ3v) is 1.53. The lowest BCUT2D eigenvalue weighted by atomic mass is 10.3. The number of hydrogen-bond donors (Lipinski definition) is 4. The van der Waals surface area contributed by atoms with E-state index in [1.54, 1.807) is 0 Å². The van der Waals surface area contributed by atoms with E-state index in [-0.39, 0.29) is 22.5 Å². The van der Waals surface area contributed by atoms with Gasteiger partial charge in [0.05, 0.1) is 17.6 Å². The molecule has 6 nitrogen and oxygen atoms in total. The fraction of sp³-hybridized carbons (Fsp3) is 0.167. The molecule has 1 heterocycles. The first-order valence-electron chi connectivity index (χ1n) is 3.26. The summed E-state index contributed by atoms with van der Waals surface area (Å²) in [5.74, 6) is 0. The highest BCUT2D eigenvalue weighted by Gasteiger charge is 2.04. The van der Waals surface area contributed by atoms with E-state index in [2.05, 4.69) is 4.99 Å². The second kappa shape index (κ2) is 2.65. The second-order valence-electron chi connectivity index (χ2n) is 2.30. The van der Waals surface area contributed by atoms with Crippen LogP contribution >= 0.6 is 0 Å². The number of nitrogen functional groups attached to an aromatic ring is 3. The fourth-order valence-corrected chi connectivity index (χ4v) is 0.885. The average molecular weight is 169 g/mol. The maximum atomic E-state index is 9.20. The van der Waals surface area contributed by atoms with Gasteiger partial charge in [0.15, 0.2) is 5.49 Å². The maximum absolute atomic E-state index is 9.20. The van der Waals surface area contributed by atoms with Crippen LogP contribution in [0.1, 0.15) is 0 Å². The Morgan fingerprint density at radius 2 is 1.92 bits per heavy atom. The largest absolute Gasteiger partial charge is 0.427 e. The SMILES string of the molecule is CN=c1c(N)c(N)c(N)cn1O. The van der Waals surface area contributed by atoms with Crippen molar-refractivity contribution in [2.24, 2.45) is 4.99 Å². The van der Waals surface area contributed by atoms with Gasteiger partial charge in [-0.05, 0) is 0 Å². The number of pyridine rings is 1. The molecular formula is C6H11N5O. The molecule has 66 valence electrons. The van der Waals surface area contributed by atoms with Crippen LogP contribution in [0, 0.1) is 0 Å². The Morgan fingerprint density at radius 1 is 1.33 bits per heavy atom. The Hall–Kier alpha value is -1.85. The molecule has 0 aromatic carbocycles. The summed E-state index contributed by atoms with van der Waals surface area (Å²) in [5.41, 5.74) is 17.3. The van der Waals surface area contributed by atoms with Gasteiger partial charge in [0.2, 0.25) is 0 Å². The van der Waals surface area contributed by atoms with E-state index < -0.39 is 0 Å². The Kier molecular flexibility index (Phi) is 1.82. The molecule has 1 aromatic heterocycles. The van der Waals surface area contributed by atoms with E-state index in [0.717, 1.165) is 4.73 Å². The Morgan fingerprint density at radius 3 is 2.42 bits per heavy atom. The normalized spacial score (nSPS) is 11.9. The monoisotopic (exact) mass is 169 g/mol. The summed E-state index contributed by atoms with van der Waals surface area (Å²) in [7, 11) is 1.49. The second-order valence-corrected chi connectivity index (χ2v) is 2.30.